The van der Waals surface area contributed by atoms with Gasteiger partial charge in [0.25, 0.3) is 0 Å². The third kappa shape index (κ3) is 4.10. The standard InChI is InChI=1S/C22H28N4O4S2/c1-25(2)32(27,28)17-7-8-19-18(13-17)20-21(23-14-24-22(20)31-19)30-16-5-3-15(4-6-16)26-9-11-29-12-10-26/h7-8,13-16H,3-6,9-12H2,1-2H3. The van der Waals surface area contributed by atoms with Crippen LogP contribution in [0.2, 0.25) is 0 Å². The number of morpholine rings is 1. The van der Waals surface area contributed by atoms with Crippen LogP contribution in [0.5, 0.6) is 5.88 Å². The van der Waals surface area contributed by atoms with Gasteiger partial charge in [-0.1, -0.05) is 0 Å². The monoisotopic (exact) mass is 476 g/mol. The molecular weight excluding hydrogens is 448 g/mol. The van der Waals surface area contributed by atoms with Gasteiger partial charge in [0.15, 0.2) is 0 Å². The Hall–Kier alpha value is -1.85. The summed E-state index contributed by atoms with van der Waals surface area (Å²) >= 11 is 1.53. The zero-order valence-electron chi connectivity index (χ0n) is 18.4. The molecule has 1 saturated carbocycles. The van der Waals surface area contributed by atoms with Crippen LogP contribution in [0.4, 0.5) is 0 Å². The van der Waals surface area contributed by atoms with Crippen LogP contribution in [0.15, 0.2) is 29.4 Å². The van der Waals surface area contributed by atoms with Crippen molar-refractivity contribution in [1.82, 2.24) is 19.2 Å². The van der Waals surface area contributed by atoms with Gasteiger partial charge in [0.2, 0.25) is 15.9 Å². The van der Waals surface area contributed by atoms with Gasteiger partial charge in [-0.3, -0.25) is 4.90 Å². The third-order valence-electron chi connectivity index (χ3n) is 6.47. The SMILES string of the molecule is CN(C)S(=O)(=O)c1ccc2sc3ncnc(OC4CCC(N5CCOCC5)CC4)c3c2c1. The Morgan fingerprint density at radius 3 is 2.59 bits per heavy atom. The number of ether oxygens (including phenoxy) is 2. The summed E-state index contributed by atoms with van der Waals surface area (Å²) in [7, 11) is -0.453. The fourth-order valence-electron chi connectivity index (χ4n) is 4.65. The number of sulfonamides is 1. The molecule has 1 aromatic carbocycles. The summed E-state index contributed by atoms with van der Waals surface area (Å²) < 4.78 is 39.4. The molecule has 3 heterocycles. The molecule has 10 heteroatoms. The topological polar surface area (TPSA) is 84.9 Å². The second-order valence-electron chi connectivity index (χ2n) is 8.60. The van der Waals surface area contributed by atoms with Crippen LogP contribution in [0.1, 0.15) is 25.7 Å². The minimum absolute atomic E-state index is 0.106. The van der Waals surface area contributed by atoms with Crippen LogP contribution in [0, 0.1) is 0 Å². The van der Waals surface area contributed by atoms with E-state index in [1.54, 1.807) is 12.1 Å². The number of benzene rings is 1. The van der Waals surface area contributed by atoms with Crippen molar-refractivity contribution in [3.63, 3.8) is 0 Å². The maximum absolute atomic E-state index is 12.7. The number of nitrogens with zero attached hydrogens (tertiary/aromatic N) is 4. The molecular formula is C22H28N4O4S2. The maximum Gasteiger partial charge on any atom is 0.242 e. The summed E-state index contributed by atoms with van der Waals surface area (Å²) in [6.45, 7) is 3.68. The summed E-state index contributed by atoms with van der Waals surface area (Å²) in [5, 5.41) is 1.63. The number of thiophene rings is 1. The first-order valence-corrected chi connectivity index (χ1v) is 13.3. The largest absolute Gasteiger partial charge is 0.474 e. The Balaban J connectivity index is 1.40. The molecule has 8 nitrogen and oxygen atoms in total. The van der Waals surface area contributed by atoms with E-state index in [9.17, 15) is 8.42 Å². The molecule has 0 N–H and O–H groups in total. The fraction of sp³-hybridized carbons (Fsp3) is 0.545. The smallest absolute Gasteiger partial charge is 0.242 e. The molecule has 0 amide bonds. The first-order valence-electron chi connectivity index (χ1n) is 11.0. The molecule has 3 aromatic rings. The first-order chi connectivity index (χ1) is 15.4. The Morgan fingerprint density at radius 2 is 1.88 bits per heavy atom. The predicted molar refractivity (Wildman–Crippen MR) is 125 cm³/mol. The molecule has 1 aliphatic carbocycles. The molecule has 2 aromatic heterocycles. The number of hydrogen-bond acceptors (Lipinski definition) is 8. The highest BCUT2D eigenvalue weighted by molar-refractivity contribution is 7.89. The maximum atomic E-state index is 12.7. The molecule has 32 heavy (non-hydrogen) atoms. The Kier molecular flexibility index (Phi) is 6.06. The van der Waals surface area contributed by atoms with Gasteiger partial charge in [-0.15, -0.1) is 11.3 Å². The molecule has 0 unspecified atom stereocenters. The normalized spacial score (nSPS) is 23.2. The lowest BCUT2D eigenvalue weighted by molar-refractivity contribution is -0.00125. The van der Waals surface area contributed by atoms with Crippen molar-refractivity contribution in [3.05, 3.63) is 24.5 Å². The molecule has 0 bridgehead atoms. The van der Waals surface area contributed by atoms with E-state index in [1.165, 1.54) is 36.1 Å². The highest BCUT2D eigenvalue weighted by Crippen LogP contribution is 2.39. The Bertz CT molecular complexity index is 1210. The van der Waals surface area contributed by atoms with Crippen LogP contribution in [-0.4, -0.2) is 80.1 Å². The summed E-state index contributed by atoms with van der Waals surface area (Å²) in [6, 6.07) is 5.81. The van der Waals surface area contributed by atoms with Gasteiger partial charge >= 0.3 is 0 Å². The van der Waals surface area contributed by atoms with E-state index >= 15 is 0 Å². The van der Waals surface area contributed by atoms with Gasteiger partial charge in [0, 0.05) is 43.3 Å². The molecule has 2 aliphatic rings. The second-order valence-corrected chi connectivity index (χ2v) is 11.8. The van der Waals surface area contributed by atoms with E-state index in [2.05, 4.69) is 14.9 Å². The Morgan fingerprint density at radius 1 is 1.12 bits per heavy atom. The molecule has 0 spiro atoms. The van der Waals surface area contributed by atoms with Crippen LogP contribution >= 0.6 is 11.3 Å². The molecule has 0 radical (unpaired) electrons. The van der Waals surface area contributed by atoms with Crippen LogP contribution in [0.3, 0.4) is 0 Å². The van der Waals surface area contributed by atoms with Gasteiger partial charge in [0.1, 0.15) is 17.3 Å². The molecule has 0 atom stereocenters. The first kappa shape index (κ1) is 22.0. The lowest BCUT2D eigenvalue weighted by atomic mass is 9.91. The van der Waals surface area contributed by atoms with Crippen LogP contribution < -0.4 is 4.74 Å². The van der Waals surface area contributed by atoms with Crippen molar-refractivity contribution >= 4 is 41.7 Å². The van der Waals surface area contributed by atoms with Crippen LogP contribution in [0.25, 0.3) is 20.3 Å². The average Bonchev–Trinajstić information content (AvgIpc) is 3.19. The van der Waals surface area contributed by atoms with E-state index in [0.29, 0.717) is 11.9 Å². The van der Waals surface area contributed by atoms with E-state index in [-0.39, 0.29) is 11.0 Å². The van der Waals surface area contributed by atoms with Gasteiger partial charge in [-0.2, -0.15) is 0 Å². The average molecular weight is 477 g/mol. The number of hydrogen-bond donors (Lipinski definition) is 0. The predicted octanol–water partition coefficient (Wildman–Crippen LogP) is 3.12. The fourth-order valence-corrected chi connectivity index (χ4v) is 6.59. The summed E-state index contributed by atoms with van der Waals surface area (Å²) in [6.07, 6.45) is 5.81. The van der Waals surface area contributed by atoms with E-state index in [0.717, 1.165) is 72.3 Å². The molecule has 172 valence electrons. The minimum Gasteiger partial charge on any atom is -0.474 e. The van der Waals surface area contributed by atoms with Crippen molar-refractivity contribution in [2.45, 2.75) is 42.7 Å². The van der Waals surface area contributed by atoms with Gasteiger partial charge in [-0.25, -0.2) is 22.7 Å². The zero-order chi connectivity index (χ0) is 22.3. The van der Waals surface area contributed by atoms with E-state index in [4.69, 9.17) is 9.47 Å². The summed E-state index contributed by atoms with van der Waals surface area (Å²) in [4.78, 5) is 12.5. The molecule has 2 fully saturated rings. The third-order valence-corrected chi connectivity index (χ3v) is 9.36. The highest BCUT2D eigenvalue weighted by Gasteiger charge is 2.29. The molecule has 1 aliphatic heterocycles. The van der Waals surface area contributed by atoms with Crippen molar-refractivity contribution in [3.8, 4) is 5.88 Å². The summed E-state index contributed by atoms with van der Waals surface area (Å²) in [5.74, 6) is 0.551. The molecule has 5 rings (SSSR count). The van der Waals surface area contributed by atoms with E-state index < -0.39 is 10.0 Å². The minimum atomic E-state index is -3.53. The van der Waals surface area contributed by atoms with E-state index in [1.807, 2.05) is 6.07 Å². The van der Waals surface area contributed by atoms with Crippen LogP contribution in [-0.2, 0) is 14.8 Å². The number of aromatic nitrogens is 2. The molecule has 1 saturated heterocycles. The Labute approximate surface area is 192 Å². The van der Waals surface area contributed by atoms with Gasteiger partial charge < -0.3 is 9.47 Å². The second kappa shape index (κ2) is 8.83. The quantitative estimate of drug-likeness (QED) is 0.559. The van der Waals surface area contributed by atoms with Gasteiger partial charge in [-0.05, 0) is 43.9 Å². The lowest BCUT2D eigenvalue weighted by Crippen LogP contribution is -2.46. The summed E-state index contributed by atoms with van der Waals surface area (Å²) in [5.41, 5.74) is 0. The number of rotatable bonds is 5. The highest BCUT2D eigenvalue weighted by atomic mass is 32.2. The number of fused-ring (bicyclic) bond motifs is 3. The van der Waals surface area contributed by atoms with Crippen molar-refractivity contribution in [1.29, 1.82) is 0 Å². The van der Waals surface area contributed by atoms with Crippen molar-refractivity contribution < 1.29 is 17.9 Å². The van der Waals surface area contributed by atoms with Gasteiger partial charge in [0.05, 0.1) is 23.5 Å². The van der Waals surface area contributed by atoms with Crippen molar-refractivity contribution in [2.24, 2.45) is 0 Å². The zero-order valence-corrected chi connectivity index (χ0v) is 20.0. The lowest BCUT2D eigenvalue weighted by Gasteiger charge is -2.38. The van der Waals surface area contributed by atoms with Crippen molar-refractivity contribution in [2.75, 3.05) is 40.4 Å².